The Morgan fingerprint density at radius 1 is 0.696 bits per heavy atom. The first-order chi connectivity index (χ1) is 10.4. The van der Waals surface area contributed by atoms with E-state index in [1.54, 1.807) is 0 Å². The van der Waals surface area contributed by atoms with E-state index in [0.29, 0.717) is 5.75 Å². The molecule has 2 aromatic rings. The quantitative estimate of drug-likeness (QED) is 0.658. The number of hydrogen-bond donors (Lipinski definition) is 1. The highest BCUT2D eigenvalue weighted by molar-refractivity contribution is 5.77. The van der Waals surface area contributed by atoms with Crippen molar-refractivity contribution in [2.24, 2.45) is 0 Å². The fourth-order valence-corrected chi connectivity index (χ4v) is 2.96. The minimum atomic E-state index is 0.0336. The summed E-state index contributed by atoms with van der Waals surface area (Å²) in [7, 11) is 0. The van der Waals surface area contributed by atoms with Crippen LogP contribution in [0.1, 0.15) is 63.8 Å². The van der Waals surface area contributed by atoms with E-state index in [-0.39, 0.29) is 10.8 Å². The molecule has 0 unspecified atom stereocenters. The summed E-state index contributed by atoms with van der Waals surface area (Å²) in [6.07, 6.45) is 0. The number of phenols is 1. The molecule has 0 amide bonds. The van der Waals surface area contributed by atoms with Gasteiger partial charge in [0.15, 0.2) is 0 Å². The lowest BCUT2D eigenvalue weighted by Gasteiger charge is -2.23. The maximum atomic E-state index is 10.6. The van der Waals surface area contributed by atoms with E-state index in [1.807, 2.05) is 6.07 Å². The van der Waals surface area contributed by atoms with E-state index < -0.39 is 0 Å². The zero-order chi connectivity index (χ0) is 17.6. The van der Waals surface area contributed by atoms with E-state index in [2.05, 4.69) is 79.7 Å². The third-order valence-corrected chi connectivity index (χ3v) is 4.54. The molecule has 1 N–H and O–H groups in total. The van der Waals surface area contributed by atoms with Crippen molar-refractivity contribution >= 4 is 0 Å². The van der Waals surface area contributed by atoms with Crippen molar-refractivity contribution in [2.75, 3.05) is 0 Å². The summed E-state index contributed by atoms with van der Waals surface area (Å²) in [6.45, 7) is 17.4. The monoisotopic (exact) mass is 310 g/mol. The second kappa shape index (κ2) is 5.70. The predicted molar refractivity (Wildman–Crippen MR) is 100 cm³/mol. The summed E-state index contributed by atoms with van der Waals surface area (Å²) in [5.74, 6) is 0.376. The lowest BCUT2D eigenvalue weighted by Crippen LogP contribution is -2.12. The largest absolute Gasteiger partial charge is 0.507 e. The van der Waals surface area contributed by atoms with E-state index in [1.165, 1.54) is 16.7 Å². The number of benzene rings is 2. The van der Waals surface area contributed by atoms with Gasteiger partial charge in [-0.2, -0.15) is 0 Å². The van der Waals surface area contributed by atoms with Crippen LogP contribution in [0.5, 0.6) is 5.75 Å². The Morgan fingerprint density at radius 3 is 1.65 bits per heavy atom. The zero-order valence-electron chi connectivity index (χ0n) is 15.8. The number of rotatable bonds is 1. The van der Waals surface area contributed by atoms with Crippen molar-refractivity contribution < 1.29 is 5.11 Å². The van der Waals surface area contributed by atoms with Crippen molar-refractivity contribution in [3.8, 4) is 16.9 Å². The van der Waals surface area contributed by atoms with Gasteiger partial charge in [0, 0.05) is 5.56 Å². The highest BCUT2D eigenvalue weighted by atomic mass is 16.3. The zero-order valence-corrected chi connectivity index (χ0v) is 15.8. The highest BCUT2D eigenvalue weighted by Gasteiger charge is 2.20. The normalized spacial score (nSPS) is 12.5. The van der Waals surface area contributed by atoms with Crippen LogP contribution in [0.3, 0.4) is 0 Å². The molecule has 0 aliphatic heterocycles. The Morgan fingerprint density at radius 2 is 1.22 bits per heavy atom. The van der Waals surface area contributed by atoms with E-state index >= 15 is 0 Å². The number of aromatic hydroxyl groups is 1. The van der Waals surface area contributed by atoms with Crippen LogP contribution in [0.25, 0.3) is 11.1 Å². The summed E-state index contributed by atoms with van der Waals surface area (Å²) in [6, 6.07) is 10.7. The van der Waals surface area contributed by atoms with E-state index in [4.69, 9.17) is 0 Å². The lowest BCUT2D eigenvalue weighted by atomic mass is 9.82. The molecule has 0 aromatic heterocycles. The molecule has 0 saturated heterocycles. The molecule has 0 fully saturated rings. The Bertz CT molecular complexity index is 702. The summed E-state index contributed by atoms with van der Waals surface area (Å²) in [5, 5.41) is 10.6. The van der Waals surface area contributed by atoms with Gasteiger partial charge < -0.3 is 5.11 Å². The molecule has 0 saturated carbocycles. The SMILES string of the molecule is Cc1cc(C(C)(C)C)ccc1-c1c(C)cc(C(C)(C)C)cc1O. The molecule has 0 bridgehead atoms. The molecule has 0 aliphatic carbocycles. The molecule has 0 radical (unpaired) electrons. The first kappa shape index (κ1) is 17.6. The van der Waals surface area contributed by atoms with Gasteiger partial charge in [-0.25, -0.2) is 0 Å². The minimum Gasteiger partial charge on any atom is -0.507 e. The van der Waals surface area contributed by atoms with Gasteiger partial charge in [0.1, 0.15) is 5.75 Å². The third-order valence-electron chi connectivity index (χ3n) is 4.54. The van der Waals surface area contributed by atoms with Gasteiger partial charge in [0.2, 0.25) is 0 Å². The van der Waals surface area contributed by atoms with Gasteiger partial charge in [-0.15, -0.1) is 0 Å². The van der Waals surface area contributed by atoms with Gasteiger partial charge in [0.25, 0.3) is 0 Å². The Hall–Kier alpha value is -1.76. The molecule has 124 valence electrons. The molecule has 0 heterocycles. The molecule has 1 heteroatoms. The van der Waals surface area contributed by atoms with Crippen molar-refractivity contribution in [1.82, 2.24) is 0 Å². The molecule has 0 atom stereocenters. The van der Waals surface area contributed by atoms with Crippen molar-refractivity contribution in [1.29, 1.82) is 0 Å². The second-order valence-electron chi connectivity index (χ2n) is 8.72. The van der Waals surface area contributed by atoms with E-state index in [9.17, 15) is 5.11 Å². The predicted octanol–water partition coefficient (Wildman–Crippen LogP) is 6.27. The molecule has 2 rings (SSSR count). The van der Waals surface area contributed by atoms with Crippen LogP contribution >= 0.6 is 0 Å². The Labute approximate surface area is 141 Å². The topological polar surface area (TPSA) is 20.2 Å². The van der Waals surface area contributed by atoms with Gasteiger partial charge >= 0.3 is 0 Å². The van der Waals surface area contributed by atoms with Crippen molar-refractivity contribution in [3.05, 3.63) is 52.6 Å². The molecule has 0 aliphatic rings. The van der Waals surface area contributed by atoms with Crippen LogP contribution in [0, 0.1) is 13.8 Å². The molecule has 1 nitrogen and oxygen atoms in total. The van der Waals surface area contributed by atoms with Crippen LogP contribution in [-0.2, 0) is 10.8 Å². The lowest BCUT2D eigenvalue weighted by molar-refractivity contribution is 0.472. The van der Waals surface area contributed by atoms with Crippen molar-refractivity contribution in [3.63, 3.8) is 0 Å². The molecule has 0 spiro atoms. The molecular formula is C22H30O. The maximum Gasteiger partial charge on any atom is 0.123 e. The number of phenolic OH excluding ortho intramolecular Hbond substituents is 1. The van der Waals surface area contributed by atoms with Crippen LogP contribution in [0.2, 0.25) is 0 Å². The third kappa shape index (κ3) is 3.60. The van der Waals surface area contributed by atoms with Crippen LogP contribution in [0.4, 0.5) is 0 Å². The minimum absolute atomic E-state index is 0.0336. The summed E-state index contributed by atoms with van der Waals surface area (Å²) < 4.78 is 0. The average molecular weight is 310 g/mol. The smallest absolute Gasteiger partial charge is 0.123 e. The van der Waals surface area contributed by atoms with Gasteiger partial charge in [-0.3, -0.25) is 0 Å². The first-order valence-corrected chi connectivity index (χ1v) is 8.37. The van der Waals surface area contributed by atoms with Crippen LogP contribution < -0.4 is 0 Å². The van der Waals surface area contributed by atoms with Gasteiger partial charge in [0.05, 0.1) is 0 Å². The molecular weight excluding hydrogens is 280 g/mol. The van der Waals surface area contributed by atoms with Crippen molar-refractivity contribution in [2.45, 2.75) is 66.2 Å². The summed E-state index contributed by atoms with van der Waals surface area (Å²) in [5.41, 5.74) is 7.07. The second-order valence-corrected chi connectivity index (χ2v) is 8.72. The maximum absolute atomic E-state index is 10.6. The van der Waals surface area contributed by atoms with Crippen LogP contribution in [0.15, 0.2) is 30.3 Å². The first-order valence-electron chi connectivity index (χ1n) is 8.37. The summed E-state index contributed by atoms with van der Waals surface area (Å²) >= 11 is 0. The van der Waals surface area contributed by atoms with E-state index in [0.717, 1.165) is 16.7 Å². The fourth-order valence-electron chi connectivity index (χ4n) is 2.96. The fraction of sp³-hybridized carbons (Fsp3) is 0.455. The number of aryl methyl sites for hydroxylation is 2. The Kier molecular flexibility index (Phi) is 4.36. The molecule has 2 aromatic carbocycles. The standard InChI is InChI=1S/C22H30O/c1-14-11-16(21(3,4)5)9-10-18(14)20-15(2)12-17(13-19(20)23)22(6,7)8/h9-13,23H,1-8H3. The molecule has 23 heavy (non-hydrogen) atoms. The van der Waals surface area contributed by atoms with Crippen LogP contribution in [-0.4, -0.2) is 5.11 Å². The number of hydrogen-bond acceptors (Lipinski definition) is 1. The average Bonchev–Trinajstić information content (AvgIpc) is 2.37. The van der Waals surface area contributed by atoms with Gasteiger partial charge in [-0.05, 0) is 58.6 Å². The Balaban J connectivity index is 2.60. The van der Waals surface area contributed by atoms with Gasteiger partial charge in [-0.1, -0.05) is 65.8 Å². The summed E-state index contributed by atoms with van der Waals surface area (Å²) in [4.78, 5) is 0. The highest BCUT2D eigenvalue weighted by Crippen LogP contribution is 2.39.